The number of hydrazone groups is 2. The highest BCUT2D eigenvalue weighted by atomic mass is 16.2. The van der Waals surface area contributed by atoms with E-state index in [1.165, 1.54) is 0 Å². The average Bonchev–Trinajstić information content (AvgIpc) is 2.82. The van der Waals surface area contributed by atoms with Crippen LogP contribution in [0.5, 0.6) is 0 Å². The van der Waals surface area contributed by atoms with Crippen LogP contribution in [0.4, 0.5) is 0 Å². The molecule has 6 nitrogen and oxygen atoms in total. The van der Waals surface area contributed by atoms with E-state index in [1.54, 1.807) is 0 Å². The second-order valence-corrected chi connectivity index (χ2v) is 6.25. The molecule has 4 aliphatic carbocycles. The van der Waals surface area contributed by atoms with Crippen LogP contribution in [-0.4, -0.2) is 23.2 Å². The molecule has 4 atom stereocenters. The van der Waals surface area contributed by atoms with E-state index < -0.39 is 10.8 Å². The van der Waals surface area contributed by atoms with Crippen molar-refractivity contribution in [2.45, 2.75) is 25.7 Å². The minimum atomic E-state index is -0.507. The lowest BCUT2D eigenvalue weighted by atomic mass is 9.42. The van der Waals surface area contributed by atoms with E-state index in [0.717, 1.165) is 30.7 Å². The Kier molecular flexibility index (Phi) is 1.22. The molecule has 0 saturated heterocycles. The molecule has 6 rings (SSSR count). The van der Waals surface area contributed by atoms with E-state index in [2.05, 4.69) is 21.1 Å². The largest absolute Gasteiger partial charge is 0.272 e. The molecule has 92 valence electrons. The fourth-order valence-corrected chi connectivity index (χ4v) is 5.01. The van der Waals surface area contributed by atoms with E-state index in [4.69, 9.17) is 0 Å². The molecule has 4 saturated carbocycles. The maximum atomic E-state index is 12.2. The van der Waals surface area contributed by atoms with Gasteiger partial charge in [0.15, 0.2) is 0 Å². The van der Waals surface area contributed by atoms with Crippen molar-refractivity contribution in [1.29, 1.82) is 0 Å². The molecule has 0 aromatic carbocycles. The molecule has 2 spiro atoms. The summed E-state index contributed by atoms with van der Waals surface area (Å²) < 4.78 is 0. The smallest absolute Gasteiger partial charge is 0.252 e. The van der Waals surface area contributed by atoms with Gasteiger partial charge in [0.1, 0.15) is 0 Å². The fraction of sp³-hybridized carbons (Fsp3) is 0.667. The van der Waals surface area contributed by atoms with Gasteiger partial charge >= 0.3 is 0 Å². The van der Waals surface area contributed by atoms with Crippen LogP contribution in [-0.2, 0) is 9.59 Å². The van der Waals surface area contributed by atoms with Crippen molar-refractivity contribution in [3.8, 4) is 0 Å². The zero-order chi connectivity index (χ0) is 12.1. The molecular formula is C12H12N4O2. The number of hydrogen-bond acceptors (Lipinski definition) is 4. The molecule has 0 radical (unpaired) electrons. The standard InChI is InChI=1S/C12H12N4O2/c17-9-11-2-5-1-6(8(11)14-15-9)3-12(4-11)7(5)13-16-10(12)18/h5-6H,1-4H2,(H,15,17)(H,16,18)/t5-,6-,11-,12-/m0/s1. The number of carbonyl (C=O) groups excluding carboxylic acids is 2. The van der Waals surface area contributed by atoms with Gasteiger partial charge in [-0.15, -0.1) is 0 Å². The zero-order valence-corrected chi connectivity index (χ0v) is 9.69. The molecule has 18 heavy (non-hydrogen) atoms. The lowest BCUT2D eigenvalue weighted by Gasteiger charge is -2.57. The normalized spacial score (nSPS) is 50.4. The Morgan fingerprint density at radius 3 is 1.94 bits per heavy atom. The van der Waals surface area contributed by atoms with Crippen LogP contribution >= 0.6 is 0 Å². The minimum absolute atomic E-state index is 0.00924. The van der Waals surface area contributed by atoms with Crippen molar-refractivity contribution in [1.82, 2.24) is 10.9 Å². The third kappa shape index (κ3) is 0.693. The van der Waals surface area contributed by atoms with E-state index in [0.29, 0.717) is 6.42 Å². The van der Waals surface area contributed by atoms with E-state index in [9.17, 15) is 9.59 Å². The molecule has 2 N–H and O–H groups in total. The Balaban J connectivity index is 1.78. The van der Waals surface area contributed by atoms with Crippen molar-refractivity contribution < 1.29 is 9.59 Å². The van der Waals surface area contributed by atoms with Crippen LogP contribution in [0.1, 0.15) is 25.7 Å². The van der Waals surface area contributed by atoms with Crippen molar-refractivity contribution in [3.05, 3.63) is 0 Å². The summed E-state index contributed by atoms with van der Waals surface area (Å²) >= 11 is 0. The quantitative estimate of drug-likeness (QED) is 0.616. The second-order valence-electron chi connectivity index (χ2n) is 6.25. The highest BCUT2D eigenvalue weighted by Crippen LogP contribution is 2.64. The molecule has 0 aromatic rings. The summed E-state index contributed by atoms with van der Waals surface area (Å²) in [7, 11) is 0. The third-order valence-corrected chi connectivity index (χ3v) is 5.54. The fourth-order valence-electron chi connectivity index (χ4n) is 5.01. The highest BCUT2D eigenvalue weighted by molar-refractivity contribution is 6.23. The summed E-state index contributed by atoms with van der Waals surface area (Å²) in [4.78, 5) is 24.4. The summed E-state index contributed by atoms with van der Waals surface area (Å²) in [5.74, 6) is 0.536. The molecule has 4 fully saturated rings. The molecule has 2 aliphatic heterocycles. The first-order chi connectivity index (χ1) is 8.66. The van der Waals surface area contributed by atoms with Gasteiger partial charge in [0, 0.05) is 11.8 Å². The summed E-state index contributed by atoms with van der Waals surface area (Å²) in [5, 5.41) is 8.50. The van der Waals surface area contributed by atoms with Gasteiger partial charge in [-0.05, 0) is 25.7 Å². The van der Waals surface area contributed by atoms with Gasteiger partial charge in [0.05, 0.1) is 22.3 Å². The van der Waals surface area contributed by atoms with Gasteiger partial charge in [-0.2, -0.15) is 10.2 Å². The summed E-state index contributed by atoms with van der Waals surface area (Å²) in [5.41, 5.74) is 6.27. The predicted octanol–water partition coefficient (Wildman–Crippen LogP) is -0.236. The van der Waals surface area contributed by atoms with Gasteiger partial charge in [-0.25, -0.2) is 10.9 Å². The molecule has 2 heterocycles. The molecular weight excluding hydrogens is 232 g/mol. The first-order valence-corrected chi connectivity index (χ1v) is 6.43. The van der Waals surface area contributed by atoms with Crippen LogP contribution in [0.25, 0.3) is 0 Å². The zero-order valence-electron chi connectivity index (χ0n) is 9.69. The van der Waals surface area contributed by atoms with E-state index in [-0.39, 0.29) is 23.7 Å². The van der Waals surface area contributed by atoms with E-state index >= 15 is 0 Å². The molecule has 4 bridgehead atoms. The molecule has 6 heteroatoms. The maximum Gasteiger partial charge on any atom is 0.252 e. The van der Waals surface area contributed by atoms with Crippen LogP contribution in [0.15, 0.2) is 10.2 Å². The average molecular weight is 244 g/mol. The summed E-state index contributed by atoms with van der Waals surface area (Å²) in [6.07, 6.45) is 3.13. The Labute approximate surface area is 103 Å². The van der Waals surface area contributed by atoms with Crippen LogP contribution < -0.4 is 10.9 Å². The Bertz CT molecular complexity index is 545. The van der Waals surface area contributed by atoms with Crippen molar-refractivity contribution in [3.63, 3.8) is 0 Å². The molecule has 2 amide bonds. The van der Waals surface area contributed by atoms with Gasteiger partial charge in [0.2, 0.25) is 0 Å². The summed E-state index contributed by atoms with van der Waals surface area (Å²) in [6.45, 7) is 0. The first-order valence-electron chi connectivity index (χ1n) is 6.43. The van der Waals surface area contributed by atoms with Crippen LogP contribution in [0, 0.1) is 22.7 Å². The Hall–Kier alpha value is -1.72. The predicted molar refractivity (Wildman–Crippen MR) is 61.5 cm³/mol. The number of nitrogens with one attached hydrogen (secondary N) is 2. The van der Waals surface area contributed by atoms with Gasteiger partial charge in [-0.3, -0.25) is 9.59 Å². The van der Waals surface area contributed by atoms with Crippen LogP contribution in [0.3, 0.4) is 0 Å². The number of amides is 2. The van der Waals surface area contributed by atoms with Crippen molar-refractivity contribution >= 4 is 23.2 Å². The monoisotopic (exact) mass is 244 g/mol. The lowest BCUT2D eigenvalue weighted by Crippen LogP contribution is -2.65. The number of rotatable bonds is 0. The van der Waals surface area contributed by atoms with Gasteiger partial charge in [0.25, 0.3) is 11.8 Å². The van der Waals surface area contributed by atoms with Crippen molar-refractivity contribution in [2.24, 2.45) is 32.9 Å². The minimum Gasteiger partial charge on any atom is -0.272 e. The lowest BCUT2D eigenvalue weighted by molar-refractivity contribution is -0.136. The molecule has 6 aliphatic rings. The SMILES string of the molecule is O=C1NN=C2[C@H]3C[C@H]4C[C@@]12C[C@]1(C3)C(=O)NN=C41. The highest BCUT2D eigenvalue weighted by Gasteiger charge is 2.71. The maximum absolute atomic E-state index is 12.2. The van der Waals surface area contributed by atoms with E-state index in [1.807, 2.05) is 0 Å². The van der Waals surface area contributed by atoms with Gasteiger partial charge in [-0.1, -0.05) is 0 Å². The molecule has 0 unspecified atom stereocenters. The molecule has 0 aromatic heterocycles. The topological polar surface area (TPSA) is 82.9 Å². The van der Waals surface area contributed by atoms with Crippen molar-refractivity contribution in [2.75, 3.05) is 0 Å². The number of nitrogens with zero attached hydrogens (tertiary/aromatic N) is 2. The van der Waals surface area contributed by atoms with Gasteiger partial charge < -0.3 is 0 Å². The second kappa shape index (κ2) is 2.37. The first kappa shape index (κ1) is 9.24. The summed E-state index contributed by atoms with van der Waals surface area (Å²) in [6, 6.07) is 0. The van der Waals surface area contributed by atoms with Crippen LogP contribution in [0.2, 0.25) is 0 Å². The number of carbonyl (C=O) groups is 2. The third-order valence-electron chi connectivity index (χ3n) is 5.54. The number of hydrogen-bond donors (Lipinski definition) is 2. The Morgan fingerprint density at radius 1 is 0.944 bits per heavy atom. The Morgan fingerprint density at radius 2 is 1.44 bits per heavy atom.